The largest absolute Gasteiger partial charge is 0.411 e. The number of rotatable bonds is 7. The summed E-state index contributed by atoms with van der Waals surface area (Å²) in [5.74, 6) is 0. The Morgan fingerprint density at radius 2 is 1.65 bits per heavy atom. The van der Waals surface area contributed by atoms with E-state index in [2.05, 4.69) is 4.74 Å². The summed E-state index contributed by atoms with van der Waals surface area (Å²) in [6.07, 6.45) is 0.427. The van der Waals surface area contributed by atoms with Crippen molar-refractivity contribution in [3.63, 3.8) is 0 Å². The number of nitrogens with two attached hydrogens (primary N) is 1. The van der Waals surface area contributed by atoms with Crippen LogP contribution < -0.4 is 5.73 Å². The standard InChI is InChI=1S/C11H20F3NO2/c12-11(13,14)9-17-7-3-6-16-8-10(15)4-1-2-5-10/h1-9,15H2. The summed E-state index contributed by atoms with van der Waals surface area (Å²) >= 11 is 0. The molecule has 2 N–H and O–H groups in total. The van der Waals surface area contributed by atoms with Crippen molar-refractivity contribution in [2.75, 3.05) is 26.4 Å². The Hall–Kier alpha value is -0.330. The van der Waals surface area contributed by atoms with Gasteiger partial charge >= 0.3 is 6.18 Å². The van der Waals surface area contributed by atoms with Gasteiger partial charge in [0.1, 0.15) is 6.61 Å². The molecule has 0 amide bonds. The zero-order valence-electron chi connectivity index (χ0n) is 9.89. The number of hydrogen-bond donors (Lipinski definition) is 1. The van der Waals surface area contributed by atoms with Crippen LogP contribution in [0.25, 0.3) is 0 Å². The number of alkyl halides is 3. The predicted octanol–water partition coefficient (Wildman–Crippen LogP) is 2.24. The molecule has 0 bridgehead atoms. The van der Waals surface area contributed by atoms with E-state index in [4.69, 9.17) is 10.5 Å². The van der Waals surface area contributed by atoms with E-state index in [0.717, 1.165) is 25.7 Å². The van der Waals surface area contributed by atoms with E-state index in [1.54, 1.807) is 0 Å². The van der Waals surface area contributed by atoms with Crippen molar-refractivity contribution in [3.05, 3.63) is 0 Å². The Morgan fingerprint density at radius 3 is 2.24 bits per heavy atom. The molecule has 0 radical (unpaired) electrons. The Bertz CT molecular complexity index is 215. The van der Waals surface area contributed by atoms with Crippen LogP contribution in [0.2, 0.25) is 0 Å². The monoisotopic (exact) mass is 255 g/mol. The van der Waals surface area contributed by atoms with E-state index in [-0.39, 0.29) is 12.1 Å². The third kappa shape index (κ3) is 6.85. The molecular formula is C11H20F3NO2. The molecule has 102 valence electrons. The minimum absolute atomic E-state index is 0.0665. The van der Waals surface area contributed by atoms with Gasteiger partial charge in [-0.15, -0.1) is 0 Å². The van der Waals surface area contributed by atoms with Crippen molar-refractivity contribution in [1.29, 1.82) is 0 Å². The summed E-state index contributed by atoms with van der Waals surface area (Å²) in [6, 6.07) is 0. The van der Waals surface area contributed by atoms with Gasteiger partial charge in [-0.3, -0.25) is 0 Å². The third-order valence-electron chi connectivity index (χ3n) is 2.83. The van der Waals surface area contributed by atoms with Crippen LogP contribution in [-0.2, 0) is 9.47 Å². The SMILES string of the molecule is NC1(COCCCOCC(F)(F)F)CCCC1. The van der Waals surface area contributed by atoms with Gasteiger partial charge in [0.05, 0.1) is 6.61 Å². The minimum Gasteiger partial charge on any atom is -0.379 e. The highest BCUT2D eigenvalue weighted by atomic mass is 19.4. The lowest BCUT2D eigenvalue weighted by Crippen LogP contribution is -2.41. The Balaban J connectivity index is 1.91. The lowest BCUT2D eigenvalue weighted by Gasteiger charge is -2.23. The van der Waals surface area contributed by atoms with E-state index >= 15 is 0 Å². The minimum atomic E-state index is -4.24. The summed E-state index contributed by atoms with van der Waals surface area (Å²) in [5, 5.41) is 0. The topological polar surface area (TPSA) is 44.5 Å². The maximum atomic E-state index is 11.7. The predicted molar refractivity (Wildman–Crippen MR) is 57.7 cm³/mol. The van der Waals surface area contributed by atoms with Crippen LogP contribution >= 0.6 is 0 Å². The highest BCUT2D eigenvalue weighted by molar-refractivity contribution is 4.88. The number of hydrogen-bond acceptors (Lipinski definition) is 3. The van der Waals surface area contributed by atoms with Gasteiger partial charge < -0.3 is 15.2 Å². The molecule has 0 saturated heterocycles. The molecule has 0 unspecified atom stereocenters. The second-order valence-corrected chi connectivity index (χ2v) is 4.64. The molecule has 0 heterocycles. The summed E-state index contributed by atoms with van der Waals surface area (Å²) < 4.78 is 45.0. The lowest BCUT2D eigenvalue weighted by molar-refractivity contribution is -0.174. The van der Waals surface area contributed by atoms with Crippen LogP contribution in [0.1, 0.15) is 32.1 Å². The van der Waals surface area contributed by atoms with Gasteiger partial charge in [-0.05, 0) is 19.3 Å². The molecule has 1 aliphatic carbocycles. The van der Waals surface area contributed by atoms with Crippen molar-refractivity contribution < 1.29 is 22.6 Å². The second-order valence-electron chi connectivity index (χ2n) is 4.64. The fourth-order valence-corrected chi connectivity index (χ4v) is 1.95. The van der Waals surface area contributed by atoms with Gasteiger partial charge in [0.25, 0.3) is 0 Å². The highest BCUT2D eigenvalue weighted by Crippen LogP contribution is 2.27. The van der Waals surface area contributed by atoms with Crippen LogP contribution in [0.5, 0.6) is 0 Å². The number of ether oxygens (including phenoxy) is 2. The first-order valence-electron chi connectivity index (χ1n) is 5.92. The molecule has 1 fully saturated rings. The molecule has 0 aliphatic heterocycles. The first kappa shape index (κ1) is 14.7. The van der Waals surface area contributed by atoms with Gasteiger partial charge in [0, 0.05) is 18.8 Å². The Labute approximate surface area is 99.4 Å². The molecular weight excluding hydrogens is 235 g/mol. The molecule has 1 aliphatic rings. The molecule has 0 aromatic heterocycles. The lowest BCUT2D eigenvalue weighted by atomic mass is 10.0. The zero-order valence-corrected chi connectivity index (χ0v) is 9.89. The van der Waals surface area contributed by atoms with E-state index in [1.165, 1.54) is 0 Å². The van der Waals surface area contributed by atoms with Crippen LogP contribution in [0.3, 0.4) is 0 Å². The van der Waals surface area contributed by atoms with E-state index in [0.29, 0.717) is 19.6 Å². The Kier molecular flexibility index (Phi) is 5.69. The highest BCUT2D eigenvalue weighted by Gasteiger charge is 2.29. The molecule has 0 aromatic rings. The molecule has 3 nitrogen and oxygen atoms in total. The molecule has 0 spiro atoms. The zero-order chi connectivity index (χ0) is 12.8. The average Bonchev–Trinajstić information content (AvgIpc) is 2.62. The van der Waals surface area contributed by atoms with E-state index < -0.39 is 12.8 Å². The maximum Gasteiger partial charge on any atom is 0.411 e. The van der Waals surface area contributed by atoms with E-state index in [9.17, 15) is 13.2 Å². The summed E-state index contributed by atoms with van der Waals surface area (Å²) in [5.41, 5.74) is 5.84. The van der Waals surface area contributed by atoms with Gasteiger partial charge in [0.15, 0.2) is 0 Å². The van der Waals surface area contributed by atoms with E-state index in [1.807, 2.05) is 0 Å². The molecule has 1 rings (SSSR count). The van der Waals surface area contributed by atoms with Gasteiger partial charge in [-0.1, -0.05) is 12.8 Å². The van der Waals surface area contributed by atoms with Crippen molar-refractivity contribution in [1.82, 2.24) is 0 Å². The normalized spacial score (nSPS) is 19.8. The van der Waals surface area contributed by atoms with Gasteiger partial charge in [-0.2, -0.15) is 13.2 Å². The van der Waals surface area contributed by atoms with Crippen LogP contribution in [0.15, 0.2) is 0 Å². The number of halogens is 3. The second kappa shape index (κ2) is 6.56. The van der Waals surface area contributed by atoms with Crippen molar-refractivity contribution in [3.8, 4) is 0 Å². The van der Waals surface area contributed by atoms with Crippen LogP contribution in [0, 0.1) is 0 Å². The fourth-order valence-electron chi connectivity index (χ4n) is 1.95. The first-order valence-corrected chi connectivity index (χ1v) is 5.92. The van der Waals surface area contributed by atoms with Crippen LogP contribution in [-0.4, -0.2) is 38.1 Å². The van der Waals surface area contributed by atoms with Crippen molar-refractivity contribution in [2.45, 2.75) is 43.8 Å². The summed E-state index contributed by atoms with van der Waals surface area (Å²) in [4.78, 5) is 0. The van der Waals surface area contributed by atoms with Crippen molar-refractivity contribution >= 4 is 0 Å². The fraction of sp³-hybridized carbons (Fsp3) is 1.00. The van der Waals surface area contributed by atoms with Crippen molar-refractivity contribution in [2.24, 2.45) is 5.73 Å². The summed E-state index contributed by atoms with van der Waals surface area (Å²) in [7, 11) is 0. The summed E-state index contributed by atoms with van der Waals surface area (Å²) in [6.45, 7) is -0.228. The first-order chi connectivity index (χ1) is 7.91. The quantitative estimate of drug-likeness (QED) is 0.710. The smallest absolute Gasteiger partial charge is 0.379 e. The molecule has 1 saturated carbocycles. The molecule has 6 heteroatoms. The Morgan fingerprint density at radius 1 is 1.06 bits per heavy atom. The van der Waals surface area contributed by atoms with Crippen LogP contribution in [0.4, 0.5) is 13.2 Å². The maximum absolute atomic E-state index is 11.7. The van der Waals surface area contributed by atoms with Gasteiger partial charge in [-0.25, -0.2) is 0 Å². The molecule has 0 aromatic carbocycles. The molecule has 17 heavy (non-hydrogen) atoms. The third-order valence-corrected chi connectivity index (χ3v) is 2.83. The molecule has 0 atom stereocenters. The average molecular weight is 255 g/mol. The van der Waals surface area contributed by atoms with Gasteiger partial charge in [0.2, 0.25) is 0 Å².